The topological polar surface area (TPSA) is 68.5 Å². The summed E-state index contributed by atoms with van der Waals surface area (Å²) in [7, 11) is 0. The fourth-order valence-electron chi connectivity index (χ4n) is 2.31. The first-order chi connectivity index (χ1) is 11.3. The second kappa shape index (κ2) is 5.96. The van der Waals surface area contributed by atoms with Crippen molar-refractivity contribution < 1.29 is 0 Å². The van der Waals surface area contributed by atoms with E-state index in [0.717, 1.165) is 35.9 Å². The number of halogens is 1. The predicted molar refractivity (Wildman–Crippen MR) is 87.7 cm³/mol. The van der Waals surface area contributed by atoms with Gasteiger partial charge in [-0.15, -0.1) is 0 Å². The van der Waals surface area contributed by atoms with Crippen molar-refractivity contribution in [1.29, 1.82) is 0 Å². The van der Waals surface area contributed by atoms with Crippen LogP contribution in [0.25, 0.3) is 5.82 Å². The normalized spacial score (nSPS) is 14.0. The maximum absolute atomic E-state index is 6.07. The summed E-state index contributed by atoms with van der Waals surface area (Å²) in [6.45, 7) is 0.634. The molecule has 0 amide bonds. The molecule has 0 unspecified atom stereocenters. The number of hydrogen-bond donors (Lipinski definition) is 1. The number of anilines is 1. The van der Waals surface area contributed by atoms with Crippen LogP contribution in [0, 0.1) is 0 Å². The minimum absolute atomic E-state index is 0.477. The van der Waals surface area contributed by atoms with Gasteiger partial charge in [-0.25, -0.2) is 19.9 Å². The molecule has 3 heterocycles. The minimum Gasteiger partial charge on any atom is -0.366 e. The summed E-state index contributed by atoms with van der Waals surface area (Å²) >= 11 is 6.07. The third kappa shape index (κ3) is 3.32. The Labute approximate surface area is 138 Å². The Kier molecular flexibility index (Phi) is 3.67. The van der Waals surface area contributed by atoms with Gasteiger partial charge in [-0.1, -0.05) is 17.7 Å². The molecule has 6 nitrogen and oxygen atoms in total. The van der Waals surface area contributed by atoms with Crippen LogP contribution in [0.4, 0.5) is 5.82 Å². The molecule has 0 aliphatic heterocycles. The standard InChI is InChI=1S/C16H15ClN6/c17-13-7-14(22-16(21-13)12-2-3-12)19-8-11-1-4-15(20-9-11)23-6-5-18-10-23/h1,4-7,9-10,12H,2-3,8H2,(H,19,21,22). The molecule has 1 aliphatic rings. The highest BCUT2D eigenvalue weighted by molar-refractivity contribution is 6.29. The number of nitrogens with zero attached hydrogens (tertiary/aromatic N) is 5. The van der Waals surface area contributed by atoms with Crippen molar-refractivity contribution in [1.82, 2.24) is 24.5 Å². The van der Waals surface area contributed by atoms with Crippen LogP contribution >= 0.6 is 11.6 Å². The molecule has 7 heteroatoms. The van der Waals surface area contributed by atoms with E-state index in [9.17, 15) is 0 Å². The van der Waals surface area contributed by atoms with E-state index in [-0.39, 0.29) is 0 Å². The summed E-state index contributed by atoms with van der Waals surface area (Å²) in [5.74, 6) is 2.91. The highest BCUT2D eigenvalue weighted by Crippen LogP contribution is 2.38. The van der Waals surface area contributed by atoms with Gasteiger partial charge < -0.3 is 5.32 Å². The molecule has 0 radical (unpaired) electrons. The molecule has 1 fully saturated rings. The molecule has 0 spiro atoms. The monoisotopic (exact) mass is 326 g/mol. The molecule has 1 saturated carbocycles. The molecule has 1 aliphatic carbocycles. The Morgan fingerprint density at radius 2 is 2.17 bits per heavy atom. The molecule has 4 rings (SSSR count). The van der Waals surface area contributed by atoms with Crippen LogP contribution in [0.3, 0.4) is 0 Å². The lowest BCUT2D eigenvalue weighted by Gasteiger charge is -2.08. The smallest absolute Gasteiger partial charge is 0.137 e. The Bertz CT molecular complexity index is 796. The number of imidazole rings is 1. The SMILES string of the molecule is Clc1cc(NCc2ccc(-n3ccnc3)nc2)nc(C2CC2)n1. The van der Waals surface area contributed by atoms with Crippen LogP contribution in [0.15, 0.2) is 43.1 Å². The van der Waals surface area contributed by atoms with Crippen molar-refractivity contribution in [2.75, 3.05) is 5.32 Å². The van der Waals surface area contributed by atoms with E-state index in [4.69, 9.17) is 11.6 Å². The maximum atomic E-state index is 6.07. The summed E-state index contributed by atoms with van der Waals surface area (Å²) in [5, 5.41) is 3.77. The van der Waals surface area contributed by atoms with Gasteiger partial charge in [0, 0.05) is 37.1 Å². The number of hydrogen-bond acceptors (Lipinski definition) is 5. The zero-order chi connectivity index (χ0) is 15.6. The van der Waals surface area contributed by atoms with Gasteiger partial charge in [-0.05, 0) is 24.5 Å². The van der Waals surface area contributed by atoms with Crippen LogP contribution in [0.5, 0.6) is 0 Å². The van der Waals surface area contributed by atoms with Crippen LogP contribution in [0.1, 0.15) is 30.1 Å². The zero-order valence-corrected chi connectivity index (χ0v) is 13.1. The average Bonchev–Trinajstić information content (AvgIpc) is 3.28. The van der Waals surface area contributed by atoms with Gasteiger partial charge in [0.1, 0.15) is 28.9 Å². The van der Waals surface area contributed by atoms with Crippen LogP contribution in [0.2, 0.25) is 5.15 Å². The quantitative estimate of drug-likeness (QED) is 0.729. The first-order valence-electron chi connectivity index (χ1n) is 7.49. The van der Waals surface area contributed by atoms with Gasteiger partial charge in [-0.3, -0.25) is 4.57 Å². The second-order valence-corrected chi connectivity index (χ2v) is 5.94. The van der Waals surface area contributed by atoms with Crippen LogP contribution in [-0.4, -0.2) is 24.5 Å². The molecule has 3 aromatic heterocycles. The van der Waals surface area contributed by atoms with E-state index < -0.39 is 0 Å². The highest BCUT2D eigenvalue weighted by atomic mass is 35.5. The second-order valence-electron chi connectivity index (χ2n) is 5.56. The summed E-state index contributed by atoms with van der Waals surface area (Å²) in [6, 6.07) is 5.74. The zero-order valence-electron chi connectivity index (χ0n) is 12.4. The number of aromatic nitrogens is 5. The Hall–Kier alpha value is -2.47. The van der Waals surface area contributed by atoms with E-state index in [0.29, 0.717) is 17.6 Å². The van der Waals surface area contributed by atoms with Gasteiger partial charge in [0.05, 0.1) is 0 Å². The van der Waals surface area contributed by atoms with E-state index in [1.54, 1.807) is 18.6 Å². The van der Waals surface area contributed by atoms with Crippen LogP contribution < -0.4 is 5.32 Å². The lowest BCUT2D eigenvalue weighted by atomic mass is 10.3. The molecule has 0 bridgehead atoms. The van der Waals surface area contributed by atoms with Crippen molar-refractivity contribution in [3.05, 3.63) is 59.7 Å². The highest BCUT2D eigenvalue weighted by Gasteiger charge is 2.27. The molecule has 0 aromatic carbocycles. The van der Waals surface area contributed by atoms with E-state index in [1.807, 2.05) is 29.1 Å². The van der Waals surface area contributed by atoms with E-state index >= 15 is 0 Å². The van der Waals surface area contributed by atoms with Crippen molar-refractivity contribution in [2.45, 2.75) is 25.3 Å². The van der Waals surface area contributed by atoms with Gasteiger partial charge in [0.25, 0.3) is 0 Å². The predicted octanol–water partition coefficient (Wildman–Crippen LogP) is 3.20. The largest absolute Gasteiger partial charge is 0.366 e. The summed E-state index contributed by atoms with van der Waals surface area (Å²) < 4.78 is 1.86. The molecule has 1 N–H and O–H groups in total. The summed E-state index contributed by atoms with van der Waals surface area (Å²) in [6.07, 6.45) is 9.46. The maximum Gasteiger partial charge on any atom is 0.137 e. The fraction of sp³-hybridized carbons (Fsp3) is 0.250. The molecular weight excluding hydrogens is 312 g/mol. The third-order valence-corrected chi connectivity index (χ3v) is 3.90. The Morgan fingerprint density at radius 1 is 1.26 bits per heavy atom. The first kappa shape index (κ1) is 14.1. The lowest BCUT2D eigenvalue weighted by molar-refractivity contribution is 0.919. The molecule has 3 aromatic rings. The van der Waals surface area contributed by atoms with Crippen LogP contribution in [-0.2, 0) is 6.54 Å². The fourth-order valence-corrected chi connectivity index (χ4v) is 2.50. The summed E-state index contributed by atoms with van der Waals surface area (Å²) in [5.41, 5.74) is 1.07. The van der Waals surface area contributed by atoms with E-state index in [2.05, 4.69) is 25.3 Å². The number of rotatable bonds is 5. The van der Waals surface area contributed by atoms with Gasteiger partial charge in [0.15, 0.2) is 0 Å². The number of nitrogens with one attached hydrogen (secondary N) is 1. The minimum atomic E-state index is 0.477. The number of pyridine rings is 1. The molecular formula is C16H15ClN6. The van der Waals surface area contributed by atoms with Gasteiger partial charge >= 0.3 is 0 Å². The van der Waals surface area contributed by atoms with Crippen molar-refractivity contribution in [3.8, 4) is 5.82 Å². The third-order valence-electron chi connectivity index (χ3n) is 3.71. The van der Waals surface area contributed by atoms with E-state index in [1.165, 1.54) is 0 Å². The van der Waals surface area contributed by atoms with Gasteiger partial charge in [-0.2, -0.15) is 0 Å². The molecule has 0 saturated heterocycles. The molecule has 116 valence electrons. The Balaban J connectivity index is 1.44. The molecule has 23 heavy (non-hydrogen) atoms. The lowest BCUT2D eigenvalue weighted by Crippen LogP contribution is -2.05. The van der Waals surface area contributed by atoms with Gasteiger partial charge in [0.2, 0.25) is 0 Å². The summed E-state index contributed by atoms with van der Waals surface area (Å²) in [4.78, 5) is 17.3. The Morgan fingerprint density at radius 3 is 2.87 bits per heavy atom. The average molecular weight is 327 g/mol. The van der Waals surface area contributed by atoms with Crippen molar-refractivity contribution in [2.24, 2.45) is 0 Å². The molecule has 0 atom stereocenters. The first-order valence-corrected chi connectivity index (χ1v) is 7.87. The van der Waals surface area contributed by atoms with Crippen molar-refractivity contribution >= 4 is 17.4 Å². The van der Waals surface area contributed by atoms with Crippen molar-refractivity contribution in [3.63, 3.8) is 0 Å².